The first kappa shape index (κ1) is 14.9. The van der Waals surface area contributed by atoms with E-state index in [1.54, 1.807) is 0 Å². The molecule has 0 bridgehead atoms. The van der Waals surface area contributed by atoms with Gasteiger partial charge in [-0.05, 0) is 55.7 Å². The molecule has 0 spiro atoms. The van der Waals surface area contributed by atoms with Crippen LogP contribution in [0.2, 0.25) is 5.02 Å². The Hall–Kier alpha value is -0.530. The Kier molecular flexibility index (Phi) is 5.72. The van der Waals surface area contributed by atoms with Crippen molar-refractivity contribution in [3.05, 3.63) is 34.3 Å². The van der Waals surface area contributed by atoms with Crippen molar-refractivity contribution >= 4 is 11.6 Å². The van der Waals surface area contributed by atoms with Crippen molar-refractivity contribution in [3.63, 3.8) is 0 Å². The highest BCUT2D eigenvalue weighted by atomic mass is 35.5. The number of hydrogen-bond acceptors (Lipinski definition) is 1. The Morgan fingerprint density at radius 1 is 1.32 bits per heavy atom. The van der Waals surface area contributed by atoms with Crippen LogP contribution in [0.1, 0.15) is 49.7 Å². The SMILES string of the molecule is COC1CCCC(CCCc2ccc(C)cc2Cl)C1. The molecule has 2 unspecified atom stereocenters. The third-order valence-corrected chi connectivity index (χ3v) is 4.69. The van der Waals surface area contributed by atoms with Gasteiger partial charge in [-0.3, -0.25) is 0 Å². The first-order valence-corrected chi connectivity index (χ1v) is 7.84. The molecule has 1 aliphatic rings. The summed E-state index contributed by atoms with van der Waals surface area (Å²) >= 11 is 6.28. The highest BCUT2D eigenvalue weighted by molar-refractivity contribution is 6.31. The standard InChI is InChI=1S/C17H25ClO/c1-13-9-10-15(17(18)11-13)7-3-5-14-6-4-8-16(12-14)19-2/h9-11,14,16H,3-8,12H2,1-2H3. The number of aryl methyl sites for hydroxylation is 2. The fourth-order valence-corrected chi connectivity index (χ4v) is 3.48. The lowest BCUT2D eigenvalue weighted by molar-refractivity contribution is 0.0486. The zero-order valence-corrected chi connectivity index (χ0v) is 12.9. The summed E-state index contributed by atoms with van der Waals surface area (Å²) in [7, 11) is 1.85. The summed E-state index contributed by atoms with van der Waals surface area (Å²) in [6.45, 7) is 2.09. The molecule has 1 aliphatic carbocycles. The Labute approximate surface area is 122 Å². The van der Waals surface area contributed by atoms with E-state index in [1.807, 2.05) is 7.11 Å². The minimum atomic E-state index is 0.502. The van der Waals surface area contributed by atoms with Crippen LogP contribution < -0.4 is 0 Å². The van der Waals surface area contributed by atoms with Crippen molar-refractivity contribution in [2.75, 3.05) is 7.11 Å². The van der Waals surface area contributed by atoms with E-state index in [-0.39, 0.29) is 0 Å². The summed E-state index contributed by atoms with van der Waals surface area (Å²) < 4.78 is 5.50. The van der Waals surface area contributed by atoms with Crippen LogP contribution >= 0.6 is 11.6 Å². The zero-order chi connectivity index (χ0) is 13.7. The Morgan fingerprint density at radius 2 is 2.16 bits per heavy atom. The van der Waals surface area contributed by atoms with Crippen LogP contribution in [0.15, 0.2) is 18.2 Å². The van der Waals surface area contributed by atoms with Crippen molar-refractivity contribution < 1.29 is 4.74 Å². The number of benzene rings is 1. The van der Waals surface area contributed by atoms with Gasteiger partial charge >= 0.3 is 0 Å². The topological polar surface area (TPSA) is 9.23 Å². The molecule has 0 amide bonds. The third kappa shape index (κ3) is 4.50. The summed E-state index contributed by atoms with van der Waals surface area (Å²) in [4.78, 5) is 0. The second-order valence-electron chi connectivity index (χ2n) is 5.88. The number of methoxy groups -OCH3 is 1. The molecular weight excluding hydrogens is 256 g/mol. The van der Waals surface area contributed by atoms with Crippen LogP contribution in [0.4, 0.5) is 0 Å². The minimum Gasteiger partial charge on any atom is -0.381 e. The molecule has 2 atom stereocenters. The number of rotatable bonds is 5. The molecule has 0 heterocycles. The first-order valence-electron chi connectivity index (χ1n) is 7.47. The van der Waals surface area contributed by atoms with Crippen molar-refractivity contribution in [3.8, 4) is 0 Å². The van der Waals surface area contributed by atoms with Crippen LogP contribution in [0.5, 0.6) is 0 Å². The normalized spacial score (nSPS) is 23.5. The maximum Gasteiger partial charge on any atom is 0.0574 e. The molecule has 2 heteroatoms. The van der Waals surface area contributed by atoms with Gasteiger partial charge in [0.15, 0.2) is 0 Å². The molecule has 0 N–H and O–H groups in total. The van der Waals surface area contributed by atoms with Gasteiger partial charge in [-0.1, -0.05) is 43.0 Å². The molecule has 0 aliphatic heterocycles. The van der Waals surface area contributed by atoms with Crippen LogP contribution in [-0.4, -0.2) is 13.2 Å². The highest BCUT2D eigenvalue weighted by Gasteiger charge is 2.21. The molecule has 1 nitrogen and oxygen atoms in total. The molecule has 1 aromatic rings. The van der Waals surface area contributed by atoms with Gasteiger partial charge in [0, 0.05) is 12.1 Å². The number of hydrogen-bond donors (Lipinski definition) is 0. The second-order valence-corrected chi connectivity index (χ2v) is 6.28. The van der Waals surface area contributed by atoms with E-state index in [1.165, 1.54) is 49.7 Å². The maximum atomic E-state index is 6.28. The van der Waals surface area contributed by atoms with Gasteiger partial charge in [0.2, 0.25) is 0 Å². The molecule has 106 valence electrons. The van der Waals surface area contributed by atoms with Gasteiger partial charge in [-0.15, -0.1) is 0 Å². The number of ether oxygens (including phenoxy) is 1. The lowest BCUT2D eigenvalue weighted by atomic mass is 9.83. The summed E-state index contributed by atoms with van der Waals surface area (Å²) in [5, 5.41) is 0.929. The smallest absolute Gasteiger partial charge is 0.0574 e. The van der Waals surface area contributed by atoms with Gasteiger partial charge in [-0.2, -0.15) is 0 Å². The lowest BCUT2D eigenvalue weighted by Crippen LogP contribution is -2.21. The average molecular weight is 281 g/mol. The predicted molar refractivity (Wildman–Crippen MR) is 81.9 cm³/mol. The van der Waals surface area contributed by atoms with Crippen molar-refractivity contribution in [1.82, 2.24) is 0 Å². The van der Waals surface area contributed by atoms with Crippen LogP contribution in [0.25, 0.3) is 0 Å². The molecule has 1 fully saturated rings. The fourth-order valence-electron chi connectivity index (χ4n) is 3.15. The first-order chi connectivity index (χ1) is 9.19. The van der Waals surface area contributed by atoms with Crippen LogP contribution in [0, 0.1) is 12.8 Å². The Morgan fingerprint density at radius 3 is 2.89 bits per heavy atom. The Bertz CT molecular complexity index is 402. The van der Waals surface area contributed by atoms with Crippen molar-refractivity contribution in [2.24, 2.45) is 5.92 Å². The summed E-state index contributed by atoms with van der Waals surface area (Å²) in [6.07, 6.45) is 9.35. The van der Waals surface area contributed by atoms with Crippen LogP contribution in [0.3, 0.4) is 0 Å². The van der Waals surface area contributed by atoms with Crippen molar-refractivity contribution in [2.45, 2.75) is 58.0 Å². The van der Waals surface area contributed by atoms with Crippen molar-refractivity contribution in [1.29, 1.82) is 0 Å². The summed E-state index contributed by atoms with van der Waals surface area (Å²) in [5.41, 5.74) is 2.54. The molecule has 1 aromatic carbocycles. The van der Waals surface area contributed by atoms with Gasteiger partial charge in [0.1, 0.15) is 0 Å². The largest absolute Gasteiger partial charge is 0.381 e. The highest BCUT2D eigenvalue weighted by Crippen LogP contribution is 2.30. The molecule has 0 aromatic heterocycles. The van der Waals surface area contributed by atoms with Gasteiger partial charge in [-0.25, -0.2) is 0 Å². The van der Waals surface area contributed by atoms with Crippen LogP contribution in [-0.2, 0) is 11.2 Å². The second kappa shape index (κ2) is 7.31. The molecule has 2 rings (SSSR count). The molecular formula is C17H25ClO. The molecule has 0 radical (unpaired) electrons. The van der Waals surface area contributed by atoms with E-state index in [0.29, 0.717) is 6.10 Å². The molecule has 1 saturated carbocycles. The monoisotopic (exact) mass is 280 g/mol. The van der Waals surface area contributed by atoms with Gasteiger partial charge in [0.25, 0.3) is 0 Å². The van der Waals surface area contributed by atoms with E-state index in [2.05, 4.69) is 25.1 Å². The van der Waals surface area contributed by atoms with E-state index in [0.717, 1.165) is 17.4 Å². The lowest BCUT2D eigenvalue weighted by Gasteiger charge is -2.28. The van der Waals surface area contributed by atoms with E-state index in [9.17, 15) is 0 Å². The molecule has 0 saturated heterocycles. The summed E-state index contributed by atoms with van der Waals surface area (Å²) in [5.74, 6) is 0.850. The zero-order valence-electron chi connectivity index (χ0n) is 12.1. The van der Waals surface area contributed by atoms with E-state index >= 15 is 0 Å². The minimum absolute atomic E-state index is 0.502. The average Bonchev–Trinajstić information content (AvgIpc) is 2.41. The van der Waals surface area contributed by atoms with E-state index < -0.39 is 0 Å². The molecule has 19 heavy (non-hydrogen) atoms. The number of halogens is 1. The van der Waals surface area contributed by atoms with E-state index in [4.69, 9.17) is 16.3 Å². The summed E-state index contributed by atoms with van der Waals surface area (Å²) in [6, 6.07) is 6.40. The van der Waals surface area contributed by atoms with Gasteiger partial charge in [0.05, 0.1) is 6.10 Å². The quantitative estimate of drug-likeness (QED) is 0.722. The van der Waals surface area contributed by atoms with Gasteiger partial charge < -0.3 is 4.74 Å². The maximum absolute atomic E-state index is 6.28. The third-order valence-electron chi connectivity index (χ3n) is 4.34. The predicted octanol–water partition coefficient (Wildman–Crippen LogP) is 5.18. The Balaban J connectivity index is 1.76. The fraction of sp³-hybridized carbons (Fsp3) is 0.647.